The lowest BCUT2D eigenvalue weighted by molar-refractivity contribution is 0.351. The SMILES string of the molecule is COc1cnn(CCN(C)C)c1C1CCC(N)C1C. The summed E-state index contributed by atoms with van der Waals surface area (Å²) in [6.45, 7) is 4.11. The number of nitrogens with two attached hydrogens (primary N) is 1. The van der Waals surface area contributed by atoms with Gasteiger partial charge in [-0.15, -0.1) is 0 Å². The predicted octanol–water partition coefficient (Wildman–Crippen LogP) is 1.29. The van der Waals surface area contributed by atoms with E-state index >= 15 is 0 Å². The van der Waals surface area contributed by atoms with Gasteiger partial charge in [0.1, 0.15) is 0 Å². The molecule has 1 aromatic heterocycles. The first-order valence-electron chi connectivity index (χ1n) is 7.04. The Bertz CT molecular complexity index is 416. The highest BCUT2D eigenvalue weighted by atomic mass is 16.5. The van der Waals surface area contributed by atoms with Gasteiger partial charge >= 0.3 is 0 Å². The molecule has 0 aliphatic heterocycles. The van der Waals surface area contributed by atoms with Crippen molar-refractivity contribution in [2.24, 2.45) is 11.7 Å². The maximum atomic E-state index is 6.16. The van der Waals surface area contributed by atoms with Crippen LogP contribution >= 0.6 is 0 Å². The summed E-state index contributed by atoms with van der Waals surface area (Å²) < 4.78 is 7.59. The minimum Gasteiger partial charge on any atom is -0.493 e. The number of methoxy groups -OCH3 is 1. The van der Waals surface area contributed by atoms with E-state index < -0.39 is 0 Å². The van der Waals surface area contributed by atoms with Crippen LogP contribution in [-0.2, 0) is 6.54 Å². The van der Waals surface area contributed by atoms with Gasteiger partial charge < -0.3 is 15.4 Å². The molecule has 108 valence electrons. The first-order valence-corrected chi connectivity index (χ1v) is 7.04. The van der Waals surface area contributed by atoms with Crippen LogP contribution in [-0.4, -0.2) is 48.5 Å². The number of likely N-dealkylation sites (N-methyl/N-ethyl adjacent to an activating group) is 1. The third-order valence-corrected chi connectivity index (χ3v) is 4.30. The fourth-order valence-corrected chi connectivity index (χ4v) is 2.96. The van der Waals surface area contributed by atoms with Crippen LogP contribution in [0.2, 0.25) is 0 Å². The summed E-state index contributed by atoms with van der Waals surface area (Å²) in [6, 6.07) is 0.298. The molecular formula is C14H26N4O. The molecule has 1 aliphatic carbocycles. The van der Waals surface area contributed by atoms with Crippen molar-refractivity contribution >= 4 is 0 Å². The van der Waals surface area contributed by atoms with E-state index in [9.17, 15) is 0 Å². The molecule has 3 unspecified atom stereocenters. The molecule has 0 saturated heterocycles. The largest absolute Gasteiger partial charge is 0.493 e. The van der Waals surface area contributed by atoms with Gasteiger partial charge in [-0.05, 0) is 32.9 Å². The molecule has 1 aromatic rings. The molecule has 2 rings (SSSR count). The van der Waals surface area contributed by atoms with Gasteiger partial charge in [-0.1, -0.05) is 6.92 Å². The van der Waals surface area contributed by atoms with Crippen LogP contribution in [0.3, 0.4) is 0 Å². The second kappa shape index (κ2) is 5.92. The van der Waals surface area contributed by atoms with E-state index in [0.717, 1.165) is 31.7 Å². The van der Waals surface area contributed by atoms with Crippen LogP contribution in [0.1, 0.15) is 31.4 Å². The van der Waals surface area contributed by atoms with Crippen molar-refractivity contribution in [1.82, 2.24) is 14.7 Å². The second-order valence-electron chi connectivity index (χ2n) is 5.83. The van der Waals surface area contributed by atoms with Crippen LogP contribution in [0.15, 0.2) is 6.20 Å². The minimum atomic E-state index is 0.298. The van der Waals surface area contributed by atoms with Crippen LogP contribution < -0.4 is 10.5 Å². The predicted molar refractivity (Wildman–Crippen MR) is 76.4 cm³/mol. The Morgan fingerprint density at radius 2 is 2.21 bits per heavy atom. The van der Waals surface area contributed by atoms with Crippen molar-refractivity contribution in [3.8, 4) is 5.75 Å². The Balaban J connectivity index is 2.23. The summed E-state index contributed by atoms with van der Waals surface area (Å²) in [6.07, 6.45) is 4.06. The lowest BCUT2D eigenvalue weighted by Gasteiger charge is -2.21. The number of aromatic nitrogens is 2. The molecule has 1 fully saturated rings. The Morgan fingerprint density at radius 1 is 1.47 bits per heavy atom. The zero-order valence-corrected chi connectivity index (χ0v) is 12.5. The van der Waals surface area contributed by atoms with E-state index in [1.165, 1.54) is 5.69 Å². The van der Waals surface area contributed by atoms with E-state index in [1.54, 1.807) is 7.11 Å². The van der Waals surface area contributed by atoms with E-state index in [0.29, 0.717) is 17.9 Å². The average molecular weight is 266 g/mol. The summed E-state index contributed by atoms with van der Waals surface area (Å²) in [5.41, 5.74) is 7.39. The van der Waals surface area contributed by atoms with Gasteiger partial charge in [-0.3, -0.25) is 4.68 Å². The van der Waals surface area contributed by atoms with Crippen LogP contribution in [0.4, 0.5) is 0 Å². The molecule has 0 aromatic carbocycles. The van der Waals surface area contributed by atoms with Gasteiger partial charge in [0.25, 0.3) is 0 Å². The average Bonchev–Trinajstić information content (AvgIpc) is 2.92. The number of ether oxygens (including phenoxy) is 1. The molecule has 2 N–H and O–H groups in total. The molecule has 0 radical (unpaired) electrons. The Kier molecular flexibility index (Phi) is 4.47. The molecule has 0 bridgehead atoms. The summed E-state index contributed by atoms with van der Waals surface area (Å²) in [7, 11) is 5.87. The van der Waals surface area contributed by atoms with Gasteiger partial charge in [-0.2, -0.15) is 5.10 Å². The van der Waals surface area contributed by atoms with E-state index in [-0.39, 0.29) is 0 Å². The lowest BCUT2D eigenvalue weighted by atomic mass is 9.92. The van der Waals surface area contributed by atoms with E-state index in [2.05, 4.69) is 35.7 Å². The smallest absolute Gasteiger partial charge is 0.160 e. The van der Waals surface area contributed by atoms with Gasteiger partial charge in [0.15, 0.2) is 5.75 Å². The van der Waals surface area contributed by atoms with Crippen molar-refractivity contribution in [2.75, 3.05) is 27.7 Å². The van der Waals surface area contributed by atoms with E-state index in [1.807, 2.05) is 6.20 Å². The third kappa shape index (κ3) is 2.92. The first-order chi connectivity index (χ1) is 9.04. The monoisotopic (exact) mass is 266 g/mol. The zero-order chi connectivity index (χ0) is 14.0. The molecule has 1 aliphatic rings. The normalized spacial score (nSPS) is 27.2. The molecule has 3 atom stereocenters. The minimum absolute atomic E-state index is 0.298. The highest BCUT2D eigenvalue weighted by Gasteiger charge is 2.35. The topological polar surface area (TPSA) is 56.3 Å². The first kappa shape index (κ1) is 14.3. The number of nitrogens with zero attached hydrogens (tertiary/aromatic N) is 3. The fourth-order valence-electron chi connectivity index (χ4n) is 2.96. The maximum Gasteiger partial charge on any atom is 0.160 e. The van der Waals surface area contributed by atoms with Crippen molar-refractivity contribution in [3.05, 3.63) is 11.9 Å². The molecule has 1 heterocycles. The number of hydrogen-bond acceptors (Lipinski definition) is 4. The van der Waals surface area contributed by atoms with Crippen LogP contribution in [0.25, 0.3) is 0 Å². The van der Waals surface area contributed by atoms with Gasteiger partial charge in [0.05, 0.1) is 25.5 Å². The van der Waals surface area contributed by atoms with Crippen LogP contribution in [0, 0.1) is 5.92 Å². The van der Waals surface area contributed by atoms with Crippen LogP contribution in [0.5, 0.6) is 5.75 Å². The summed E-state index contributed by atoms with van der Waals surface area (Å²) in [5, 5.41) is 4.49. The standard InChI is InChI=1S/C14H26N4O/c1-10-11(5-6-12(10)15)14-13(19-4)9-16-18(14)8-7-17(2)3/h9-12H,5-8,15H2,1-4H3. The molecule has 0 amide bonds. The summed E-state index contributed by atoms with van der Waals surface area (Å²) in [5.74, 6) is 1.86. The van der Waals surface area contributed by atoms with Gasteiger partial charge in [0, 0.05) is 18.5 Å². The molecule has 1 saturated carbocycles. The Labute approximate surface area is 115 Å². The summed E-state index contributed by atoms with van der Waals surface area (Å²) >= 11 is 0. The Hall–Kier alpha value is -1.07. The second-order valence-corrected chi connectivity index (χ2v) is 5.83. The van der Waals surface area contributed by atoms with Gasteiger partial charge in [-0.25, -0.2) is 0 Å². The van der Waals surface area contributed by atoms with Crippen molar-refractivity contribution < 1.29 is 4.74 Å². The number of rotatable bonds is 5. The number of hydrogen-bond donors (Lipinski definition) is 1. The molecule has 5 nitrogen and oxygen atoms in total. The highest BCUT2D eigenvalue weighted by Crippen LogP contribution is 2.42. The quantitative estimate of drug-likeness (QED) is 0.872. The molecule has 5 heteroatoms. The van der Waals surface area contributed by atoms with Crippen molar-refractivity contribution in [1.29, 1.82) is 0 Å². The Morgan fingerprint density at radius 3 is 2.74 bits per heavy atom. The highest BCUT2D eigenvalue weighted by molar-refractivity contribution is 5.30. The lowest BCUT2D eigenvalue weighted by Crippen LogP contribution is -2.26. The van der Waals surface area contributed by atoms with E-state index in [4.69, 9.17) is 10.5 Å². The molecular weight excluding hydrogens is 240 g/mol. The maximum absolute atomic E-state index is 6.16. The third-order valence-electron chi connectivity index (χ3n) is 4.30. The molecule has 0 spiro atoms. The van der Waals surface area contributed by atoms with Crippen molar-refractivity contribution in [3.63, 3.8) is 0 Å². The van der Waals surface area contributed by atoms with Crippen molar-refractivity contribution in [2.45, 2.75) is 38.3 Å². The molecule has 19 heavy (non-hydrogen) atoms. The van der Waals surface area contributed by atoms with Gasteiger partial charge in [0.2, 0.25) is 0 Å². The zero-order valence-electron chi connectivity index (χ0n) is 12.5. The fraction of sp³-hybridized carbons (Fsp3) is 0.786. The summed E-state index contributed by atoms with van der Waals surface area (Å²) in [4.78, 5) is 2.17.